The van der Waals surface area contributed by atoms with Gasteiger partial charge < -0.3 is 5.11 Å². The van der Waals surface area contributed by atoms with Crippen LogP contribution < -0.4 is 0 Å². The summed E-state index contributed by atoms with van der Waals surface area (Å²) in [4.78, 5) is 10.6. The summed E-state index contributed by atoms with van der Waals surface area (Å²) in [5.41, 5.74) is 1.75. The third-order valence-electron chi connectivity index (χ3n) is 5.40. The van der Waals surface area contributed by atoms with Crippen LogP contribution >= 0.6 is 15.9 Å². The van der Waals surface area contributed by atoms with Gasteiger partial charge in [-0.25, -0.2) is 0 Å². The lowest BCUT2D eigenvalue weighted by molar-refractivity contribution is -0.706. The number of nitro benzene ring substituents is 1. The van der Waals surface area contributed by atoms with Gasteiger partial charge in [-0.1, -0.05) is 28.1 Å². The van der Waals surface area contributed by atoms with Crippen molar-refractivity contribution in [3.63, 3.8) is 0 Å². The Labute approximate surface area is 166 Å². The van der Waals surface area contributed by atoms with Crippen molar-refractivity contribution in [2.24, 2.45) is 0 Å². The molecule has 2 aromatic rings. The lowest BCUT2D eigenvalue weighted by Gasteiger charge is -2.30. The van der Waals surface area contributed by atoms with Crippen LogP contribution in [0.25, 0.3) is 0 Å². The van der Waals surface area contributed by atoms with Crippen LogP contribution in [-0.2, 0) is 5.72 Å². The molecule has 2 aromatic carbocycles. The van der Waals surface area contributed by atoms with E-state index in [1.807, 2.05) is 24.3 Å². The average Bonchev–Trinajstić information content (AvgIpc) is 2.82. The minimum atomic E-state index is -1.11. The number of hydrogen-bond donors (Lipinski definition) is 1. The second-order valence-corrected chi connectivity index (χ2v) is 7.97. The maximum Gasteiger partial charge on any atom is 0.269 e. The molecule has 0 unspecified atom stereocenters. The number of hydrazone groups is 1. The molecule has 6 nitrogen and oxygen atoms in total. The molecule has 0 amide bonds. The van der Waals surface area contributed by atoms with Crippen molar-refractivity contribution in [3.8, 4) is 0 Å². The molecule has 0 saturated carbocycles. The zero-order valence-corrected chi connectivity index (χ0v) is 16.4. The van der Waals surface area contributed by atoms with Gasteiger partial charge in [-0.05, 0) is 37.1 Å². The van der Waals surface area contributed by atoms with Gasteiger partial charge in [0.15, 0.2) is 6.54 Å². The third-order valence-corrected chi connectivity index (χ3v) is 5.93. The summed E-state index contributed by atoms with van der Waals surface area (Å²) in [5.74, 6) is 0. The molecule has 2 aliphatic rings. The number of halogens is 1. The van der Waals surface area contributed by atoms with Gasteiger partial charge in [-0.15, -0.1) is 9.69 Å². The fourth-order valence-electron chi connectivity index (χ4n) is 4.02. The summed E-state index contributed by atoms with van der Waals surface area (Å²) in [6.07, 6.45) is 3.66. The molecule has 2 aliphatic heterocycles. The number of hydrogen-bond acceptors (Lipinski definition) is 4. The molecule has 0 bridgehead atoms. The lowest BCUT2D eigenvalue weighted by atomic mass is 9.94. The Kier molecular flexibility index (Phi) is 4.74. The second kappa shape index (κ2) is 7.05. The summed E-state index contributed by atoms with van der Waals surface area (Å²) in [5, 5.41) is 24.7. The first-order valence-electron chi connectivity index (χ1n) is 9.13. The molecular weight excluding hydrogens is 410 g/mol. The van der Waals surface area contributed by atoms with Crippen molar-refractivity contribution in [2.75, 3.05) is 13.1 Å². The zero-order chi connectivity index (χ0) is 19.0. The molecular formula is C20H21BrN3O3+. The first-order valence-corrected chi connectivity index (χ1v) is 9.92. The molecule has 1 saturated heterocycles. The Bertz CT molecular complexity index is 896. The molecule has 0 aromatic heterocycles. The maximum atomic E-state index is 11.7. The van der Waals surface area contributed by atoms with E-state index in [0.717, 1.165) is 53.7 Å². The van der Waals surface area contributed by atoms with E-state index in [1.165, 1.54) is 12.1 Å². The van der Waals surface area contributed by atoms with Crippen LogP contribution in [0.15, 0.2) is 53.0 Å². The predicted molar refractivity (Wildman–Crippen MR) is 106 cm³/mol. The van der Waals surface area contributed by atoms with Crippen molar-refractivity contribution in [1.29, 1.82) is 0 Å². The predicted octanol–water partition coefficient (Wildman–Crippen LogP) is 3.81. The molecule has 4 rings (SSSR count). The van der Waals surface area contributed by atoms with Crippen LogP contribution in [0.2, 0.25) is 0 Å². The molecule has 2 heterocycles. The number of non-ortho nitro benzene ring substituents is 1. The van der Waals surface area contributed by atoms with Crippen LogP contribution in [0, 0.1) is 10.1 Å². The van der Waals surface area contributed by atoms with E-state index < -0.39 is 5.72 Å². The minimum absolute atomic E-state index is 0.0771. The van der Waals surface area contributed by atoms with Gasteiger partial charge >= 0.3 is 0 Å². The number of aliphatic hydroxyl groups is 1. The highest BCUT2D eigenvalue weighted by molar-refractivity contribution is 9.10. The molecule has 1 atom stereocenters. The standard InChI is InChI=1S/C20H21BrN3O3/c21-17-8-6-16(7-9-17)20(25)14-19(22-12-2-1-3-13-23(20)22)15-4-10-18(11-5-15)24(26)27/h4-11,25H,1-3,12-14H2/q+1/t20-/m1/s1. The molecule has 7 heteroatoms. The molecule has 27 heavy (non-hydrogen) atoms. The molecule has 0 aliphatic carbocycles. The second-order valence-electron chi connectivity index (χ2n) is 7.06. The Morgan fingerprint density at radius 1 is 1.07 bits per heavy atom. The monoisotopic (exact) mass is 430 g/mol. The quantitative estimate of drug-likeness (QED) is 0.456. The highest BCUT2D eigenvalue weighted by atomic mass is 79.9. The van der Waals surface area contributed by atoms with Crippen LogP contribution in [-0.4, -0.2) is 38.5 Å². The average molecular weight is 431 g/mol. The molecule has 1 N–H and O–H groups in total. The van der Waals surface area contributed by atoms with Crippen molar-refractivity contribution in [3.05, 3.63) is 74.2 Å². The Hall–Kier alpha value is -2.25. The van der Waals surface area contributed by atoms with Crippen LogP contribution in [0.5, 0.6) is 0 Å². The van der Waals surface area contributed by atoms with E-state index in [9.17, 15) is 15.2 Å². The summed E-state index contributed by atoms with van der Waals surface area (Å²) in [7, 11) is 0. The van der Waals surface area contributed by atoms with Crippen molar-refractivity contribution in [1.82, 2.24) is 5.01 Å². The van der Waals surface area contributed by atoms with Crippen LogP contribution in [0.1, 0.15) is 36.8 Å². The summed E-state index contributed by atoms with van der Waals surface area (Å²) >= 11 is 3.45. The fraction of sp³-hybridized carbons (Fsp3) is 0.350. The SMILES string of the molecule is O=[N+]([O-])c1ccc(C2=[N+]3CCCCCN3[C@](O)(c3ccc(Br)cc3)C2)cc1. The number of hydrazine groups is 1. The van der Waals surface area contributed by atoms with Crippen molar-refractivity contribution in [2.45, 2.75) is 31.4 Å². The van der Waals surface area contributed by atoms with Gasteiger partial charge in [0, 0.05) is 34.2 Å². The minimum Gasteiger partial charge on any atom is -0.362 e. The topological polar surface area (TPSA) is 69.6 Å². The smallest absolute Gasteiger partial charge is 0.269 e. The lowest BCUT2D eigenvalue weighted by Crippen LogP contribution is -2.46. The molecule has 140 valence electrons. The summed E-state index contributed by atoms with van der Waals surface area (Å²) in [6.45, 7) is 1.62. The van der Waals surface area contributed by atoms with E-state index in [2.05, 4.69) is 25.6 Å². The van der Waals surface area contributed by atoms with E-state index in [0.29, 0.717) is 6.42 Å². The van der Waals surface area contributed by atoms with Crippen molar-refractivity contribution >= 4 is 27.3 Å². The van der Waals surface area contributed by atoms with Crippen molar-refractivity contribution < 1.29 is 14.7 Å². The highest BCUT2D eigenvalue weighted by Crippen LogP contribution is 2.38. The van der Waals surface area contributed by atoms with Gasteiger partial charge in [0.2, 0.25) is 11.4 Å². The van der Waals surface area contributed by atoms with E-state index in [4.69, 9.17) is 0 Å². The van der Waals surface area contributed by atoms with Gasteiger partial charge in [-0.3, -0.25) is 10.1 Å². The third kappa shape index (κ3) is 3.26. The fourth-order valence-corrected chi connectivity index (χ4v) is 4.28. The largest absolute Gasteiger partial charge is 0.362 e. The number of nitrogens with zero attached hydrogens (tertiary/aromatic N) is 3. The molecule has 0 radical (unpaired) electrons. The molecule has 1 fully saturated rings. The van der Waals surface area contributed by atoms with E-state index in [1.54, 1.807) is 12.1 Å². The number of nitro groups is 1. The Balaban J connectivity index is 1.77. The van der Waals surface area contributed by atoms with Gasteiger partial charge in [0.05, 0.1) is 17.9 Å². The first-order chi connectivity index (χ1) is 13.0. The number of rotatable bonds is 3. The Morgan fingerprint density at radius 2 is 1.78 bits per heavy atom. The highest BCUT2D eigenvalue weighted by Gasteiger charge is 2.52. The zero-order valence-electron chi connectivity index (χ0n) is 14.8. The molecule has 0 spiro atoms. The normalized spacial score (nSPS) is 22.5. The van der Waals surface area contributed by atoms with E-state index in [-0.39, 0.29) is 10.6 Å². The Morgan fingerprint density at radius 3 is 2.44 bits per heavy atom. The summed E-state index contributed by atoms with van der Waals surface area (Å²) < 4.78 is 3.15. The van der Waals surface area contributed by atoms with Crippen LogP contribution in [0.3, 0.4) is 0 Å². The van der Waals surface area contributed by atoms with Gasteiger partial charge in [0.25, 0.3) is 5.69 Å². The maximum absolute atomic E-state index is 11.7. The first kappa shape index (κ1) is 18.1. The number of fused-ring (bicyclic) bond motifs is 1. The van der Waals surface area contributed by atoms with Gasteiger partial charge in [0.1, 0.15) is 0 Å². The van der Waals surface area contributed by atoms with Crippen LogP contribution in [0.4, 0.5) is 5.69 Å². The van der Waals surface area contributed by atoms with E-state index >= 15 is 0 Å². The van der Waals surface area contributed by atoms with Gasteiger partial charge in [-0.2, -0.15) is 0 Å². The summed E-state index contributed by atoms with van der Waals surface area (Å²) in [6, 6.07) is 14.4. The number of benzene rings is 2.